The molecule has 2 heterocycles. The molecule has 3 nitrogen and oxygen atoms in total. The average molecular weight is 365 g/mol. The lowest BCUT2D eigenvalue weighted by Crippen LogP contribution is -2.45. The Morgan fingerprint density at radius 2 is 2.08 bits per heavy atom. The number of rotatable bonds is 3. The molecular weight excluding hydrogens is 341 g/mol. The van der Waals surface area contributed by atoms with Crippen molar-refractivity contribution in [2.24, 2.45) is 5.41 Å². The zero-order chi connectivity index (χ0) is 16.5. The van der Waals surface area contributed by atoms with Crippen molar-refractivity contribution in [1.82, 2.24) is 10.2 Å². The van der Waals surface area contributed by atoms with E-state index in [9.17, 15) is 13.2 Å². The summed E-state index contributed by atoms with van der Waals surface area (Å²) in [6, 6.07) is 5.75. The summed E-state index contributed by atoms with van der Waals surface area (Å²) >= 11 is 0. The predicted molar refractivity (Wildman–Crippen MR) is 89.4 cm³/mol. The van der Waals surface area contributed by atoms with Crippen LogP contribution in [0.4, 0.5) is 13.2 Å². The second kappa shape index (κ2) is 7.60. The molecule has 136 valence electrons. The number of hydrogen-bond acceptors (Lipinski definition) is 3. The third-order valence-electron chi connectivity index (χ3n) is 4.83. The van der Waals surface area contributed by atoms with Gasteiger partial charge in [0.05, 0.1) is 18.3 Å². The van der Waals surface area contributed by atoms with E-state index in [2.05, 4.69) is 17.1 Å². The van der Waals surface area contributed by atoms with Crippen molar-refractivity contribution >= 4 is 12.4 Å². The summed E-state index contributed by atoms with van der Waals surface area (Å²) in [5.74, 6) is 0. The minimum atomic E-state index is -4.34. The van der Waals surface area contributed by atoms with E-state index in [4.69, 9.17) is 4.74 Å². The first-order chi connectivity index (χ1) is 10.9. The maximum absolute atomic E-state index is 13.2. The van der Waals surface area contributed by atoms with Crippen LogP contribution in [0.15, 0.2) is 24.3 Å². The maximum atomic E-state index is 13.2. The highest BCUT2D eigenvalue weighted by Crippen LogP contribution is 2.37. The van der Waals surface area contributed by atoms with E-state index in [0.717, 1.165) is 38.7 Å². The van der Waals surface area contributed by atoms with E-state index in [1.807, 2.05) is 0 Å². The predicted octanol–water partition coefficient (Wildman–Crippen LogP) is 3.50. The Morgan fingerprint density at radius 1 is 1.33 bits per heavy atom. The Hall–Kier alpha value is -0.820. The van der Waals surface area contributed by atoms with Crippen molar-refractivity contribution in [3.63, 3.8) is 0 Å². The fraction of sp³-hybridized carbons (Fsp3) is 0.647. The Bertz CT molecular complexity index is 547. The summed E-state index contributed by atoms with van der Waals surface area (Å²) in [5, 5.41) is 3.37. The van der Waals surface area contributed by atoms with Crippen molar-refractivity contribution < 1.29 is 17.9 Å². The summed E-state index contributed by atoms with van der Waals surface area (Å²) < 4.78 is 45.3. The number of alkyl halides is 3. The van der Waals surface area contributed by atoms with Gasteiger partial charge in [-0.3, -0.25) is 4.90 Å². The van der Waals surface area contributed by atoms with Crippen LogP contribution in [0, 0.1) is 5.41 Å². The molecule has 0 aromatic heterocycles. The Balaban J connectivity index is 0.00000208. The van der Waals surface area contributed by atoms with Gasteiger partial charge in [0.1, 0.15) is 0 Å². The molecule has 7 heteroatoms. The van der Waals surface area contributed by atoms with Crippen molar-refractivity contribution in [3.05, 3.63) is 35.4 Å². The van der Waals surface area contributed by atoms with E-state index in [1.54, 1.807) is 6.07 Å². The molecule has 0 bridgehead atoms. The van der Waals surface area contributed by atoms with E-state index in [0.29, 0.717) is 13.2 Å². The average Bonchev–Trinajstić information content (AvgIpc) is 2.93. The van der Waals surface area contributed by atoms with Gasteiger partial charge in [0.2, 0.25) is 0 Å². The minimum Gasteiger partial charge on any atom is -0.371 e. The van der Waals surface area contributed by atoms with Gasteiger partial charge in [-0.15, -0.1) is 12.4 Å². The normalized spacial score (nSPS) is 28.6. The lowest BCUT2D eigenvalue weighted by molar-refractivity contribution is -0.140. The highest BCUT2D eigenvalue weighted by atomic mass is 35.5. The molecule has 1 aromatic rings. The van der Waals surface area contributed by atoms with Crippen LogP contribution in [0.1, 0.15) is 30.6 Å². The molecule has 1 aromatic carbocycles. The number of ether oxygens (including phenoxy) is 1. The summed E-state index contributed by atoms with van der Waals surface area (Å²) in [6.45, 7) is 6.88. The Labute approximate surface area is 147 Å². The molecule has 2 saturated heterocycles. The number of nitrogens with zero attached hydrogens (tertiary/aromatic N) is 1. The molecule has 0 saturated carbocycles. The standard InChI is InChI=1S/C17H23F3N2O.ClH/c1-16(6-7-21-11-16)12-22-8-9-23-15(10-22)13-4-2-3-5-14(13)17(18,19)20;/h2-5,15,21H,6-12H2,1H3;1H. The van der Waals surface area contributed by atoms with Gasteiger partial charge in [-0.25, -0.2) is 0 Å². The smallest absolute Gasteiger partial charge is 0.371 e. The van der Waals surface area contributed by atoms with Gasteiger partial charge in [-0.2, -0.15) is 13.2 Å². The van der Waals surface area contributed by atoms with Crippen molar-refractivity contribution in [2.45, 2.75) is 25.6 Å². The van der Waals surface area contributed by atoms with Crippen LogP contribution in [-0.4, -0.2) is 44.2 Å². The maximum Gasteiger partial charge on any atom is 0.416 e. The number of nitrogens with one attached hydrogen (secondary N) is 1. The zero-order valence-corrected chi connectivity index (χ0v) is 14.6. The number of morpholine rings is 1. The van der Waals surface area contributed by atoms with Crippen LogP contribution in [0.25, 0.3) is 0 Å². The molecule has 0 aliphatic carbocycles. The topological polar surface area (TPSA) is 24.5 Å². The second-order valence-electron chi connectivity index (χ2n) is 6.92. The van der Waals surface area contributed by atoms with E-state index in [-0.39, 0.29) is 23.4 Å². The highest BCUT2D eigenvalue weighted by Gasteiger charge is 2.38. The SMILES string of the molecule is CC1(CN2CCOC(c3ccccc3C(F)(F)F)C2)CCNC1.Cl. The third-order valence-corrected chi connectivity index (χ3v) is 4.83. The molecule has 1 N–H and O–H groups in total. The van der Waals surface area contributed by atoms with Crippen LogP contribution in [-0.2, 0) is 10.9 Å². The molecular formula is C17H24ClF3N2O. The molecule has 2 fully saturated rings. The van der Waals surface area contributed by atoms with Crippen LogP contribution in [0.3, 0.4) is 0 Å². The van der Waals surface area contributed by atoms with E-state index in [1.165, 1.54) is 12.1 Å². The van der Waals surface area contributed by atoms with Crippen molar-refractivity contribution in [3.8, 4) is 0 Å². The number of benzene rings is 1. The van der Waals surface area contributed by atoms with Crippen LogP contribution in [0.5, 0.6) is 0 Å². The summed E-state index contributed by atoms with van der Waals surface area (Å²) in [4.78, 5) is 2.24. The number of hydrogen-bond donors (Lipinski definition) is 1. The van der Waals surface area contributed by atoms with Gasteiger partial charge >= 0.3 is 6.18 Å². The fourth-order valence-electron chi connectivity index (χ4n) is 3.61. The summed E-state index contributed by atoms with van der Waals surface area (Å²) in [5.41, 5.74) is -0.134. The van der Waals surface area contributed by atoms with E-state index >= 15 is 0 Å². The van der Waals surface area contributed by atoms with Gasteiger partial charge in [-0.1, -0.05) is 25.1 Å². The van der Waals surface area contributed by atoms with Crippen molar-refractivity contribution in [2.75, 3.05) is 39.3 Å². The summed E-state index contributed by atoms with van der Waals surface area (Å²) in [6.07, 6.45) is -3.75. The first-order valence-electron chi connectivity index (χ1n) is 8.08. The van der Waals surface area contributed by atoms with Crippen LogP contribution >= 0.6 is 12.4 Å². The highest BCUT2D eigenvalue weighted by molar-refractivity contribution is 5.85. The molecule has 24 heavy (non-hydrogen) atoms. The van der Waals surface area contributed by atoms with Gasteiger partial charge in [-0.05, 0) is 30.0 Å². The lowest BCUT2D eigenvalue weighted by atomic mass is 9.88. The van der Waals surface area contributed by atoms with Gasteiger partial charge in [0, 0.05) is 26.2 Å². The Kier molecular flexibility index (Phi) is 6.18. The van der Waals surface area contributed by atoms with Crippen LogP contribution < -0.4 is 5.32 Å². The fourth-order valence-corrected chi connectivity index (χ4v) is 3.61. The molecule has 2 aliphatic heterocycles. The molecule has 2 aliphatic rings. The van der Waals surface area contributed by atoms with Gasteiger partial charge < -0.3 is 10.1 Å². The number of halogens is 4. The van der Waals surface area contributed by atoms with Gasteiger partial charge in [0.15, 0.2) is 0 Å². The monoisotopic (exact) mass is 364 g/mol. The molecule has 3 rings (SSSR count). The molecule has 0 amide bonds. The third kappa shape index (κ3) is 4.42. The largest absolute Gasteiger partial charge is 0.416 e. The lowest BCUT2D eigenvalue weighted by Gasteiger charge is -2.38. The molecule has 2 unspecified atom stereocenters. The van der Waals surface area contributed by atoms with E-state index < -0.39 is 17.8 Å². The quantitative estimate of drug-likeness (QED) is 0.888. The Morgan fingerprint density at radius 3 is 2.75 bits per heavy atom. The minimum absolute atomic E-state index is 0. The molecule has 2 atom stereocenters. The molecule has 0 spiro atoms. The van der Waals surface area contributed by atoms with Gasteiger partial charge in [0.25, 0.3) is 0 Å². The second-order valence-corrected chi connectivity index (χ2v) is 6.92. The first kappa shape index (κ1) is 19.5. The zero-order valence-electron chi connectivity index (χ0n) is 13.7. The summed E-state index contributed by atoms with van der Waals surface area (Å²) in [7, 11) is 0. The van der Waals surface area contributed by atoms with Crippen molar-refractivity contribution in [1.29, 1.82) is 0 Å². The molecule has 0 radical (unpaired) electrons. The first-order valence-corrected chi connectivity index (χ1v) is 8.08. The van der Waals surface area contributed by atoms with Crippen LogP contribution in [0.2, 0.25) is 0 Å².